The number of rotatable bonds is 0. The number of hydrogen-bond donors (Lipinski definition) is 1. The summed E-state index contributed by atoms with van der Waals surface area (Å²) in [5, 5.41) is 0. The Labute approximate surface area is 78.5 Å². The highest BCUT2D eigenvalue weighted by molar-refractivity contribution is 7.80. The molecule has 0 aliphatic carbocycles. The summed E-state index contributed by atoms with van der Waals surface area (Å²) in [6, 6.07) is 0.975. The fourth-order valence-corrected chi connectivity index (χ4v) is 0.826. The van der Waals surface area contributed by atoms with E-state index in [0.717, 1.165) is 12.3 Å². The van der Waals surface area contributed by atoms with Crippen molar-refractivity contribution in [2.24, 2.45) is 0 Å². The highest BCUT2D eigenvalue weighted by Gasteiger charge is 2.32. The van der Waals surface area contributed by atoms with E-state index in [1.807, 2.05) is 0 Å². The molecule has 2 nitrogen and oxygen atoms in total. The van der Waals surface area contributed by atoms with Crippen molar-refractivity contribution in [3.63, 3.8) is 0 Å². The Morgan fingerprint density at radius 3 is 2.31 bits per heavy atom. The van der Waals surface area contributed by atoms with Gasteiger partial charge in [0.15, 0.2) is 0 Å². The summed E-state index contributed by atoms with van der Waals surface area (Å²) in [5.74, 6) is 0. The first kappa shape index (κ1) is 12.2. The van der Waals surface area contributed by atoms with Crippen LogP contribution in [0.3, 0.4) is 0 Å². The third-order valence-corrected chi connectivity index (χ3v) is 1.84. The van der Waals surface area contributed by atoms with Crippen molar-refractivity contribution in [1.82, 2.24) is 4.98 Å². The van der Waals surface area contributed by atoms with Crippen LogP contribution in [0, 0.1) is 6.92 Å². The zero-order valence-corrected chi connectivity index (χ0v) is 7.58. The van der Waals surface area contributed by atoms with Crippen LogP contribution < -0.4 is 0 Å². The summed E-state index contributed by atoms with van der Waals surface area (Å²) >= 11 is 3.91. The lowest BCUT2D eigenvalue weighted by Gasteiger charge is -2.06. The summed E-state index contributed by atoms with van der Waals surface area (Å²) in [6.45, 7) is 1.55. The second-order valence-corrected chi connectivity index (χ2v) is 2.84. The second-order valence-electron chi connectivity index (χ2n) is 2.35. The van der Waals surface area contributed by atoms with Gasteiger partial charge >= 0.3 is 6.18 Å². The van der Waals surface area contributed by atoms with Crippen LogP contribution in [0.5, 0.6) is 0 Å². The first-order valence-corrected chi connectivity index (χ1v) is 3.59. The van der Waals surface area contributed by atoms with E-state index in [4.69, 9.17) is 0 Å². The molecule has 0 amide bonds. The predicted molar refractivity (Wildman–Crippen MR) is 44.8 cm³/mol. The molecule has 0 bridgehead atoms. The average molecular weight is 211 g/mol. The van der Waals surface area contributed by atoms with Crippen LogP contribution in [0.4, 0.5) is 13.2 Å². The molecule has 1 heterocycles. The molecule has 0 unspecified atom stereocenters. The van der Waals surface area contributed by atoms with Crippen LogP contribution in [0.25, 0.3) is 0 Å². The van der Waals surface area contributed by atoms with Gasteiger partial charge < -0.3 is 5.48 Å². The third kappa shape index (κ3) is 2.89. The molecule has 1 rings (SSSR count). The van der Waals surface area contributed by atoms with E-state index in [9.17, 15) is 13.2 Å². The summed E-state index contributed by atoms with van der Waals surface area (Å²) in [6.07, 6.45) is -3.27. The molecular weight excluding hydrogens is 203 g/mol. The Morgan fingerprint density at radius 1 is 1.38 bits per heavy atom. The van der Waals surface area contributed by atoms with Crippen molar-refractivity contribution >= 4 is 12.6 Å². The molecule has 0 aromatic carbocycles. The Bertz CT molecular complexity index is 300. The van der Waals surface area contributed by atoms with Gasteiger partial charge in [-0.15, -0.1) is 12.6 Å². The second kappa shape index (κ2) is 3.97. The molecule has 1 aromatic heterocycles. The largest absolute Gasteiger partial charge is 0.433 e. The highest BCUT2D eigenvalue weighted by atomic mass is 32.1. The Kier molecular flexibility index (Phi) is 3.74. The van der Waals surface area contributed by atoms with Gasteiger partial charge in [-0.1, -0.05) is 0 Å². The third-order valence-electron chi connectivity index (χ3n) is 1.37. The minimum atomic E-state index is -4.37. The quantitative estimate of drug-likeness (QED) is 0.654. The van der Waals surface area contributed by atoms with E-state index >= 15 is 0 Å². The Hall–Kier alpha value is -0.750. The number of aryl methyl sites for hydroxylation is 1. The van der Waals surface area contributed by atoms with Crippen molar-refractivity contribution in [3.8, 4) is 0 Å². The summed E-state index contributed by atoms with van der Waals surface area (Å²) < 4.78 is 36.0. The van der Waals surface area contributed by atoms with Crippen molar-refractivity contribution in [2.75, 3.05) is 0 Å². The lowest BCUT2D eigenvalue weighted by Crippen LogP contribution is -2.07. The van der Waals surface area contributed by atoms with E-state index in [2.05, 4.69) is 17.6 Å². The van der Waals surface area contributed by atoms with Crippen molar-refractivity contribution < 1.29 is 18.6 Å². The molecule has 0 saturated heterocycles. The van der Waals surface area contributed by atoms with E-state index in [1.165, 1.54) is 0 Å². The molecule has 1 aromatic rings. The van der Waals surface area contributed by atoms with Gasteiger partial charge in [-0.2, -0.15) is 13.2 Å². The lowest BCUT2D eigenvalue weighted by atomic mass is 10.2. The molecule has 0 atom stereocenters. The molecule has 0 spiro atoms. The molecule has 0 aliphatic heterocycles. The van der Waals surface area contributed by atoms with Crippen molar-refractivity contribution in [2.45, 2.75) is 18.0 Å². The van der Waals surface area contributed by atoms with E-state index in [-0.39, 0.29) is 5.48 Å². The first-order chi connectivity index (χ1) is 5.41. The maximum Gasteiger partial charge on any atom is 0.433 e. The van der Waals surface area contributed by atoms with Gasteiger partial charge in [-0.25, -0.2) is 0 Å². The van der Waals surface area contributed by atoms with Crippen molar-refractivity contribution in [3.05, 3.63) is 23.5 Å². The number of hydrogen-bond acceptors (Lipinski definition) is 2. The van der Waals surface area contributed by atoms with E-state index < -0.39 is 11.9 Å². The van der Waals surface area contributed by atoms with Gasteiger partial charge in [0.2, 0.25) is 0 Å². The van der Waals surface area contributed by atoms with Crippen LogP contribution in [-0.4, -0.2) is 10.5 Å². The highest BCUT2D eigenvalue weighted by Crippen LogP contribution is 2.28. The van der Waals surface area contributed by atoms with Gasteiger partial charge in [-0.05, 0) is 18.6 Å². The van der Waals surface area contributed by atoms with E-state index in [0.29, 0.717) is 10.5 Å². The smallest absolute Gasteiger partial charge is 0.412 e. The minimum Gasteiger partial charge on any atom is -0.412 e. The molecule has 2 N–H and O–H groups in total. The minimum absolute atomic E-state index is 0. The van der Waals surface area contributed by atoms with Gasteiger partial charge in [0, 0.05) is 11.1 Å². The monoisotopic (exact) mass is 211 g/mol. The van der Waals surface area contributed by atoms with Gasteiger partial charge in [0.1, 0.15) is 5.69 Å². The summed E-state index contributed by atoms with van der Waals surface area (Å²) in [4.78, 5) is 3.67. The number of thiol groups is 1. The molecule has 0 aliphatic rings. The fourth-order valence-electron chi connectivity index (χ4n) is 0.704. The number of pyridine rings is 1. The average Bonchev–Trinajstić information content (AvgIpc) is 1.92. The fraction of sp³-hybridized carbons (Fsp3) is 0.286. The molecule has 0 saturated carbocycles. The first-order valence-electron chi connectivity index (χ1n) is 3.14. The molecule has 6 heteroatoms. The summed E-state index contributed by atoms with van der Waals surface area (Å²) in [7, 11) is 0. The number of halogens is 3. The molecule has 13 heavy (non-hydrogen) atoms. The normalized spacial score (nSPS) is 10.8. The molecule has 0 fully saturated rings. The maximum absolute atomic E-state index is 12.0. The van der Waals surface area contributed by atoms with Crippen LogP contribution >= 0.6 is 12.6 Å². The van der Waals surface area contributed by atoms with Gasteiger partial charge in [0.05, 0.1) is 0 Å². The zero-order chi connectivity index (χ0) is 9.35. The SMILES string of the molecule is Cc1cc(C(F)(F)F)ncc1S.O. The van der Waals surface area contributed by atoms with Crippen LogP contribution in [0.15, 0.2) is 17.2 Å². The van der Waals surface area contributed by atoms with Crippen molar-refractivity contribution in [1.29, 1.82) is 0 Å². The Morgan fingerprint density at radius 2 is 1.92 bits per heavy atom. The lowest BCUT2D eigenvalue weighted by molar-refractivity contribution is -0.141. The molecule has 74 valence electrons. The summed E-state index contributed by atoms with van der Waals surface area (Å²) in [5.41, 5.74) is -0.404. The van der Waals surface area contributed by atoms with Crippen LogP contribution in [0.1, 0.15) is 11.3 Å². The zero-order valence-electron chi connectivity index (χ0n) is 6.68. The maximum atomic E-state index is 12.0. The Balaban J connectivity index is 0.00000144. The topological polar surface area (TPSA) is 44.4 Å². The van der Waals surface area contributed by atoms with Crippen LogP contribution in [0.2, 0.25) is 0 Å². The van der Waals surface area contributed by atoms with Gasteiger partial charge in [-0.3, -0.25) is 4.98 Å². The van der Waals surface area contributed by atoms with Gasteiger partial charge in [0.25, 0.3) is 0 Å². The van der Waals surface area contributed by atoms with Crippen LogP contribution in [-0.2, 0) is 6.18 Å². The van der Waals surface area contributed by atoms with E-state index in [1.54, 1.807) is 6.92 Å². The standard InChI is InChI=1S/C7H6F3NS.H2O/c1-4-2-6(7(8,9)10)11-3-5(4)12;/h2-3,12H,1H3;1H2. The number of aromatic nitrogens is 1. The predicted octanol–water partition coefficient (Wildman–Crippen LogP) is 1.87. The molecular formula is C7H8F3NOS. The number of nitrogens with zero attached hydrogens (tertiary/aromatic N) is 1. The number of alkyl halides is 3. The molecule has 0 radical (unpaired) electrons.